The standard InChI is InChI=1S/C23H28N2O3S/c26-22(24-13-15-28-16-14-24)18-6-8-19(9-7-18)23(27)25-12-2-1-4-20(25)10-11-21-5-3-17-29-21/h3,5-9,17,20H,1-2,4,10-16H2. The predicted molar refractivity (Wildman–Crippen MR) is 114 cm³/mol. The van der Waals surface area contributed by atoms with Crippen molar-refractivity contribution in [2.45, 2.75) is 38.1 Å². The molecule has 0 aliphatic carbocycles. The normalized spacial score (nSPS) is 19.9. The molecule has 0 radical (unpaired) electrons. The molecule has 29 heavy (non-hydrogen) atoms. The number of hydrogen-bond donors (Lipinski definition) is 0. The Morgan fingerprint density at radius 3 is 2.38 bits per heavy atom. The molecule has 2 aliphatic rings. The summed E-state index contributed by atoms with van der Waals surface area (Å²) in [5.74, 6) is 0.102. The van der Waals surface area contributed by atoms with Gasteiger partial charge in [-0.05, 0) is 67.8 Å². The molecule has 2 saturated heterocycles. The Morgan fingerprint density at radius 1 is 0.966 bits per heavy atom. The van der Waals surface area contributed by atoms with Crippen molar-refractivity contribution in [1.29, 1.82) is 0 Å². The van der Waals surface area contributed by atoms with Crippen molar-refractivity contribution in [3.8, 4) is 0 Å². The second kappa shape index (κ2) is 9.55. The monoisotopic (exact) mass is 412 g/mol. The number of amides is 2. The molecule has 1 aromatic heterocycles. The van der Waals surface area contributed by atoms with Crippen molar-refractivity contribution in [3.63, 3.8) is 0 Å². The van der Waals surface area contributed by atoms with Gasteiger partial charge in [-0.1, -0.05) is 6.07 Å². The van der Waals surface area contributed by atoms with E-state index in [4.69, 9.17) is 4.74 Å². The van der Waals surface area contributed by atoms with E-state index in [1.165, 1.54) is 11.3 Å². The first-order valence-corrected chi connectivity index (χ1v) is 11.4. The summed E-state index contributed by atoms with van der Waals surface area (Å²) in [4.78, 5) is 31.0. The molecular weight excluding hydrogens is 384 g/mol. The number of rotatable bonds is 5. The maximum Gasteiger partial charge on any atom is 0.254 e. The van der Waals surface area contributed by atoms with Gasteiger partial charge in [-0.3, -0.25) is 9.59 Å². The third kappa shape index (κ3) is 4.87. The zero-order valence-corrected chi connectivity index (χ0v) is 17.5. The summed E-state index contributed by atoms with van der Waals surface area (Å²) in [6.07, 6.45) is 5.37. The zero-order valence-electron chi connectivity index (χ0n) is 16.7. The van der Waals surface area contributed by atoms with Gasteiger partial charge in [-0.25, -0.2) is 0 Å². The largest absolute Gasteiger partial charge is 0.378 e. The molecule has 3 heterocycles. The fraction of sp³-hybridized carbons (Fsp3) is 0.478. The van der Waals surface area contributed by atoms with Crippen molar-refractivity contribution in [1.82, 2.24) is 9.80 Å². The van der Waals surface area contributed by atoms with Crippen LogP contribution in [0.3, 0.4) is 0 Å². The summed E-state index contributed by atoms with van der Waals surface area (Å²) < 4.78 is 5.31. The molecular formula is C23H28N2O3S. The maximum absolute atomic E-state index is 13.2. The third-order valence-corrected chi connectivity index (χ3v) is 6.81. The van der Waals surface area contributed by atoms with Crippen LogP contribution >= 0.6 is 11.3 Å². The van der Waals surface area contributed by atoms with Gasteiger partial charge >= 0.3 is 0 Å². The van der Waals surface area contributed by atoms with Gasteiger partial charge in [0.1, 0.15) is 0 Å². The van der Waals surface area contributed by atoms with Gasteiger partial charge in [0.25, 0.3) is 11.8 Å². The van der Waals surface area contributed by atoms with E-state index < -0.39 is 0 Å². The fourth-order valence-corrected chi connectivity index (χ4v) is 4.93. The zero-order chi connectivity index (χ0) is 20.1. The maximum atomic E-state index is 13.2. The summed E-state index contributed by atoms with van der Waals surface area (Å²) in [6.45, 7) is 3.25. The van der Waals surface area contributed by atoms with E-state index in [1.807, 2.05) is 4.90 Å². The molecule has 2 fully saturated rings. The Bertz CT molecular complexity index is 813. The molecule has 1 aromatic carbocycles. The number of thiophene rings is 1. The van der Waals surface area contributed by atoms with Gasteiger partial charge < -0.3 is 14.5 Å². The van der Waals surface area contributed by atoms with Gasteiger partial charge in [-0.2, -0.15) is 0 Å². The number of carbonyl (C=O) groups is 2. The smallest absolute Gasteiger partial charge is 0.254 e. The number of benzene rings is 1. The lowest BCUT2D eigenvalue weighted by molar-refractivity contribution is 0.0302. The second-order valence-corrected chi connectivity index (χ2v) is 8.78. The van der Waals surface area contributed by atoms with Crippen LogP contribution in [-0.2, 0) is 11.2 Å². The lowest BCUT2D eigenvalue weighted by Gasteiger charge is -2.36. The van der Waals surface area contributed by atoms with Gasteiger partial charge in [0.15, 0.2) is 0 Å². The quantitative estimate of drug-likeness (QED) is 0.750. The molecule has 2 aromatic rings. The van der Waals surface area contributed by atoms with Crippen LogP contribution in [-0.4, -0.2) is 60.5 Å². The number of carbonyl (C=O) groups excluding carboxylic acids is 2. The Morgan fingerprint density at radius 2 is 1.69 bits per heavy atom. The van der Waals surface area contributed by atoms with Crippen molar-refractivity contribution in [3.05, 3.63) is 57.8 Å². The number of hydrogen-bond acceptors (Lipinski definition) is 4. The molecule has 4 rings (SSSR count). The van der Waals surface area contributed by atoms with Crippen molar-refractivity contribution < 1.29 is 14.3 Å². The molecule has 2 aliphatic heterocycles. The number of morpholine rings is 1. The fourth-order valence-electron chi connectivity index (χ4n) is 4.20. The number of likely N-dealkylation sites (tertiary alicyclic amines) is 1. The molecule has 0 spiro atoms. The van der Waals surface area contributed by atoms with Gasteiger partial charge in [0, 0.05) is 41.7 Å². The highest BCUT2D eigenvalue weighted by molar-refractivity contribution is 7.09. The minimum absolute atomic E-state index is 0.0131. The molecule has 6 heteroatoms. The lowest BCUT2D eigenvalue weighted by Crippen LogP contribution is -2.44. The average Bonchev–Trinajstić information content (AvgIpc) is 3.31. The van der Waals surface area contributed by atoms with Crippen LogP contribution in [0.4, 0.5) is 0 Å². The van der Waals surface area contributed by atoms with E-state index in [1.54, 1.807) is 35.6 Å². The first-order chi connectivity index (χ1) is 14.2. The minimum atomic E-state index is 0.0131. The third-order valence-electron chi connectivity index (χ3n) is 5.87. The highest BCUT2D eigenvalue weighted by Gasteiger charge is 2.27. The van der Waals surface area contributed by atoms with Crippen molar-refractivity contribution in [2.75, 3.05) is 32.8 Å². The van der Waals surface area contributed by atoms with E-state index in [-0.39, 0.29) is 11.8 Å². The molecule has 2 amide bonds. The number of aryl methyl sites for hydroxylation is 1. The van der Waals surface area contributed by atoms with Crippen LogP contribution in [0.1, 0.15) is 51.3 Å². The van der Waals surface area contributed by atoms with Crippen LogP contribution in [0.25, 0.3) is 0 Å². The molecule has 1 atom stereocenters. The minimum Gasteiger partial charge on any atom is -0.378 e. The molecule has 0 bridgehead atoms. The van der Waals surface area contributed by atoms with E-state index >= 15 is 0 Å². The summed E-state index contributed by atoms with van der Waals surface area (Å²) in [7, 11) is 0. The first-order valence-electron chi connectivity index (χ1n) is 10.5. The molecule has 154 valence electrons. The van der Waals surface area contributed by atoms with Gasteiger partial charge in [-0.15, -0.1) is 11.3 Å². The van der Waals surface area contributed by atoms with Gasteiger partial charge in [0.05, 0.1) is 13.2 Å². The SMILES string of the molecule is O=C(c1ccc(C(=O)N2CCCCC2CCc2cccs2)cc1)N1CCOCC1. The topological polar surface area (TPSA) is 49.9 Å². The number of piperidine rings is 1. The van der Waals surface area contributed by atoms with Crippen LogP contribution in [0, 0.1) is 0 Å². The van der Waals surface area contributed by atoms with E-state index in [0.717, 1.165) is 32.2 Å². The summed E-state index contributed by atoms with van der Waals surface area (Å²) in [5, 5.41) is 2.11. The molecule has 0 N–H and O–H groups in total. The summed E-state index contributed by atoms with van der Waals surface area (Å²) >= 11 is 1.79. The van der Waals surface area contributed by atoms with Crippen molar-refractivity contribution >= 4 is 23.2 Å². The second-order valence-electron chi connectivity index (χ2n) is 7.75. The van der Waals surface area contributed by atoms with Crippen LogP contribution < -0.4 is 0 Å². The van der Waals surface area contributed by atoms with E-state index in [9.17, 15) is 9.59 Å². The first kappa shape index (κ1) is 20.1. The molecule has 5 nitrogen and oxygen atoms in total. The highest BCUT2D eigenvalue weighted by Crippen LogP contribution is 2.24. The lowest BCUT2D eigenvalue weighted by atomic mass is 9.96. The Labute approximate surface area is 176 Å². The van der Waals surface area contributed by atoms with Gasteiger partial charge in [0.2, 0.25) is 0 Å². The Balaban J connectivity index is 1.41. The van der Waals surface area contributed by atoms with Crippen LogP contribution in [0.2, 0.25) is 0 Å². The molecule has 0 saturated carbocycles. The predicted octanol–water partition coefficient (Wildman–Crippen LogP) is 3.85. The van der Waals surface area contributed by atoms with Crippen LogP contribution in [0.15, 0.2) is 41.8 Å². The van der Waals surface area contributed by atoms with Crippen LogP contribution in [0.5, 0.6) is 0 Å². The Kier molecular flexibility index (Phi) is 6.62. The Hall–Kier alpha value is -2.18. The van der Waals surface area contributed by atoms with E-state index in [0.29, 0.717) is 43.5 Å². The molecule has 1 unspecified atom stereocenters. The summed E-state index contributed by atoms with van der Waals surface area (Å²) in [6, 6.07) is 11.7. The number of ether oxygens (including phenoxy) is 1. The van der Waals surface area contributed by atoms with Crippen molar-refractivity contribution in [2.24, 2.45) is 0 Å². The summed E-state index contributed by atoms with van der Waals surface area (Å²) in [5.41, 5.74) is 1.31. The highest BCUT2D eigenvalue weighted by atomic mass is 32.1. The van der Waals surface area contributed by atoms with E-state index in [2.05, 4.69) is 22.4 Å². The average molecular weight is 413 g/mol. The number of nitrogens with zero attached hydrogens (tertiary/aromatic N) is 2.